The average molecular weight is 280 g/mol. The minimum absolute atomic E-state index is 0.0920. The molecule has 0 spiro atoms. The first-order chi connectivity index (χ1) is 8.97. The molecule has 0 atom stereocenters. The van der Waals surface area contributed by atoms with Crippen LogP contribution in [0.15, 0.2) is 36.4 Å². The molecule has 0 heterocycles. The molecule has 2 N–H and O–H groups in total. The zero-order chi connectivity index (χ0) is 14.0. The summed E-state index contributed by atoms with van der Waals surface area (Å²) in [5.41, 5.74) is 1.42. The molecule has 2 aromatic carbocycles. The molecule has 98 valence electrons. The van der Waals surface area contributed by atoms with Gasteiger partial charge in [-0.15, -0.1) is 0 Å². The van der Waals surface area contributed by atoms with Gasteiger partial charge in [-0.1, -0.05) is 23.2 Å². The molecule has 19 heavy (non-hydrogen) atoms. The van der Waals surface area contributed by atoms with E-state index < -0.39 is 11.8 Å². The van der Waals surface area contributed by atoms with Crippen LogP contribution in [0.5, 0.6) is 0 Å². The first-order valence-corrected chi connectivity index (χ1v) is 5.91. The highest BCUT2D eigenvalue weighted by Gasteiger charge is 2.12. The Morgan fingerprint density at radius 3 is 2.53 bits per heavy atom. The number of nitrogens with one attached hydrogen (secondary N) is 1. The molecule has 3 nitrogen and oxygen atoms in total. The lowest BCUT2D eigenvalue weighted by Gasteiger charge is -2.11. The normalized spacial score (nSPS) is 10.3. The molecule has 5 heteroatoms. The van der Waals surface area contributed by atoms with Crippen molar-refractivity contribution in [3.05, 3.63) is 58.4 Å². The molecular weight excluding hydrogens is 269 g/mol. The number of carboxylic acid groups (broad SMARTS) is 1. The number of hydrogen-bond donors (Lipinski definition) is 2. The molecule has 0 aliphatic rings. The van der Waals surface area contributed by atoms with Crippen molar-refractivity contribution < 1.29 is 14.3 Å². The second-order valence-corrected chi connectivity index (χ2v) is 4.54. The van der Waals surface area contributed by atoms with Gasteiger partial charge in [0.15, 0.2) is 0 Å². The number of hydrogen-bond acceptors (Lipinski definition) is 2. The van der Waals surface area contributed by atoms with E-state index in [9.17, 15) is 9.18 Å². The average Bonchev–Trinajstić information content (AvgIpc) is 2.34. The van der Waals surface area contributed by atoms with E-state index in [4.69, 9.17) is 16.7 Å². The summed E-state index contributed by atoms with van der Waals surface area (Å²) in [6.07, 6.45) is 0. The molecule has 0 aliphatic carbocycles. The lowest BCUT2D eigenvalue weighted by Crippen LogP contribution is -2.04. The van der Waals surface area contributed by atoms with E-state index in [1.807, 2.05) is 0 Å². The van der Waals surface area contributed by atoms with Gasteiger partial charge in [0, 0.05) is 5.02 Å². The summed E-state index contributed by atoms with van der Waals surface area (Å²) in [5.74, 6) is -1.61. The summed E-state index contributed by atoms with van der Waals surface area (Å²) in [6.45, 7) is 1.79. The predicted octanol–water partition coefficient (Wildman–Crippen LogP) is 4.23. The van der Waals surface area contributed by atoms with Gasteiger partial charge in [-0.3, -0.25) is 0 Å². The molecule has 0 radical (unpaired) electrons. The molecule has 2 aromatic rings. The summed E-state index contributed by atoms with van der Waals surface area (Å²) < 4.78 is 13.7. The summed E-state index contributed by atoms with van der Waals surface area (Å²) in [6, 6.07) is 9.04. The summed E-state index contributed by atoms with van der Waals surface area (Å²) in [5, 5.41) is 12.2. The van der Waals surface area contributed by atoms with Crippen molar-refractivity contribution >= 4 is 28.9 Å². The van der Waals surface area contributed by atoms with Crippen LogP contribution < -0.4 is 5.32 Å². The number of anilines is 2. The Morgan fingerprint density at radius 2 is 1.89 bits per heavy atom. The second-order valence-electron chi connectivity index (χ2n) is 4.10. The number of aromatic carboxylic acids is 1. The Hall–Kier alpha value is -2.07. The fraction of sp³-hybridized carbons (Fsp3) is 0.0714. The van der Waals surface area contributed by atoms with E-state index in [0.717, 1.165) is 5.56 Å². The quantitative estimate of drug-likeness (QED) is 0.884. The van der Waals surface area contributed by atoms with E-state index in [1.54, 1.807) is 19.1 Å². The van der Waals surface area contributed by atoms with Gasteiger partial charge in [0.2, 0.25) is 0 Å². The van der Waals surface area contributed by atoms with E-state index in [-0.39, 0.29) is 16.3 Å². The highest BCUT2D eigenvalue weighted by atomic mass is 35.5. The lowest BCUT2D eigenvalue weighted by atomic mass is 10.1. The number of rotatable bonds is 3. The number of aryl methyl sites for hydroxylation is 1. The molecule has 0 unspecified atom stereocenters. The van der Waals surface area contributed by atoms with Crippen molar-refractivity contribution in [1.82, 2.24) is 0 Å². The molecule has 0 saturated heterocycles. The van der Waals surface area contributed by atoms with Crippen molar-refractivity contribution in [2.75, 3.05) is 5.32 Å². The second kappa shape index (κ2) is 5.28. The number of halogens is 2. The van der Waals surface area contributed by atoms with Crippen LogP contribution in [-0.2, 0) is 0 Å². The molecule has 0 saturated carbocycles. The topological polar surface area (TPSA) is 49.3 Å². The van der Waals surface area contributed by atoms with E-state index in [2.05, 4.69) is 5.32 Å². The molecular formula is C14H11ClFNO2. The van der Waals surface area contributed by atoms with Crippen molar-refractivity contribution in [2.45, 2.75) is 6.92 Å². The van der Waals surface area contributed by atoms with Crippen LogP contribution in [0.2, 0.25) is 5.02 Å². The maximum atomic E-state index is 13.7. The zero-order valence-electron chi connectivity index (χ0n) is 10.1. The third-order valence-electron chi connectivity index (χ3n) is 2.61. The number of carboxylic acids is 1. The first-order valence-electron chi connectivity index (χ1n) is 5.53. The van der Waals surface area contributed by atoms with Crippen LogP contribution >= 0.6 is 11.6 Å². The van der Waals surface area contributed by atoms with Crippen molar-refractivity contribution in [3.63, 3.8) is 0 Å². The highest BCUT2D eigenvalue weighted by molar-refractivity contribution is 6.30. The molecule has 0 fully saturated rings. The Bertz CT molecular complexity index is 643. The summed E-state index contributed by atoms with van der Waals surface area (Å²) in [7, 11) is 0. The maximum Gasteiger partial charge on any atom is 0.337 e. The van der Waals surface area contributed by atoms with Crippen LogP contribution in [0.4, 0.5) is 15.8 Å². The van der Waals surface area contributed by atoms with Gasteiger partial charge in [-0.25, -0.2) is 9.18 Å². The molecule has 0 amide bonds. The Morgan fingerprint density at radius 1 is 1.21 bits per heavy atom. The molecule has 0 aliphatic heterocycles. The maximum absolute atomic E-state index is 13.7. The van der Waals surface area contributed by atoms with Crippen molar-refractivity contribution in [2.24, 2.45) is 0 Å². The van der Waals surface area contributed by atoms with Gasteiger partial charge >= 0.3 is 5.97 Å². The SMILES string of the molecule is Cc1ccc(Nc2ccc(Cl)cc2F)c(C(=O)O)c1. The predicted molar refractivity (Wildman–Crippen MR) is 72.8 cm³/mol. The van der Waals surface area contributed by atoms with Crippen LogP contribution in [0.3, 0.4) is 0 Å². The number of carbonyl (C=O) groups is 1. The largest absolute Gasteiger partial charge is 0.478 e. The lowest BCUT2D eigenvalue weighted by molar-refractivity contribution is 0.0698. The Labute approximate surface area is 114 Å². The molecule has 0 aromatic heterocycles. The summed E-state index contributed by atoms with van der Waals surface area (Å²) >= 11 is 5.66. The minimum Gasteiger partial charge on any atom is -0.478 e. The van der Waals surface area contributed by atoms with E-state index in [0.29, 0.717) is 5.69 Å². The van der Waals surface area contributed by atoms with E-state index in [1.165, 1.54) is 24.3 Å². The monoisotopic (exact) mass is 279 g/mol. The smallest absolute Gasteiger partial charge is 0.337 e. The van der Waals surface area contributed by atoms with Gasteiger partial charge < -0.3 is 10.4 Å². The van der Waals surface area contributed by atoms with Crippen molar-refractivity contribution in [1.29, 1.82) is 0 Å². The third-order valence-corrected chi connectivity index (χ3v) is 2.84. The zero-order valence-corrected chi connectivity index (χ0v) is 10.8. The standard InChI is InChI=1S/C14H11ClFNO2/c1-8-2-4-12(10(6-8)14(18)19)17-13-5-3-9(15)7-11(13)16/h2-7,17H,1H3,(H,18,19). The van der Waals surface area contributed by atoms with Gasteiger partial charge in [0.05, 0.1) is 16.9 Å². The Kier molecular flexibility index (Phi) is 3.71. The summed E-state index contributed by atoms with van der Waals surface area (Å²) in [4.78, 5) is 11.1. The van der Waals surface area contributed by atoms with Gasteiger partial charge in [0.25, 0.3) is 0 Å². The minimum atomic E-state index is -1.07. The fourth-order valence-corrected chi connectivity index (χ4v) is 1.84. The van der Waals surface area contributed by atoms with Crippen LogP contribution in [0.25, 0.3) is 0 Å². The van der Waals surface area contributed by atoms with Crippen LogP contribution in [-0.4, -0.2) is 11.1 Å². The third kappa shape index (κ3) is 3.03. The highest BCUT2D eigenvalue weighted by Crippen LogP contribution is 2.26. The van der Waals surface area contributed by atoms with E-state index >= 15 is 0 Å². The van der Waals surface area contributed by atoms with Crippen LogP contribution in [0, 0.1) is 12.7 Å². The first kappa shape index (κ1) is 13.4. The van der Waals surface area contributed by atoms with Gasteiger partial charge in [0.1, 0.15) is 5.82 Å². The van der Waals surface area contributed by atoms with Gasteiger partial charge in [-0.05, 0) is 37.3 Å². The molecule has 2 rings (SSSR count). The fourth-order valence-electron chi connectivity index (χ4n) is 1.68. The van der Waals surface area contributed by atoms with Crippen LogP contribution in [0.1, 0.15) is 15.9 Å². The Balaban J connectivity index is 2.40. The van der Waals surface area contributed by atoms with Gasteiger partial charge in [-0.2, -0.15) is 0 Å². The van der Waals surface area contributed by atoms with Crippen molar-refractivity contribution in [3.8, 4) is 0 Å². The number of benzene rings is 2. The molecule has 0 bridgehead atoms.